The molecule has 0 aromatic heterocycles. The van der Waals surface area contributed by atoms with E-state index in [4.69, 9.17) is 14.2 Å². The van der Waals surface area contributed by atoms with Gasteiger partial charge in [-0.3, -0.25) is 9.59 Å². The minimum Gasteiger partial charge on any atom is -0.456 e. The fourth-order valence-electron chi connectivity index (χ4n) is 2.48. The predicted molar refractivity (Wildman–Crippen MR) is 105 cm³/mol. The maximum Gasteiger partial charge on any atom is 0.324 e. The van der Waals surface area contributed by atoms with E-state index in [2.05, 4.69) is 4.72 Å². The summed E-state index contributed by atoms with van der Waals surface area (Å²) in [5.74, 6) is -0.343. The number of nitrogens with one attached hydrogen (secondary N) is 1. The maximum atomic E-state index is 12.2. The van der Waals surface area contributed by atoms with Gasteiger partial charge in [0.1, 0.15) is 6.04 Å². The minimum atomic E-state index is -3.87. The van der Waals surface area contributed by atoms with Crippen LogP contribution in [0.1, 0.15) is 22.8 Å². The summed E-state index contributed by atoms with van der Waals surface area (Å²) in [7, 11) is -3.87. The number of ketones is 1. The third kappa shape index (κ3) is 5.66. The second-order valence-electron chi connectivity index (χ2n) is 6.20. The van der Waals surface area contributed by atoms with E-state index in [9.17, 15) is 18.0 Å². The molecule has 0 radical (unpaired) electrons. The molecule has 2 aromatic rings. The van der Waals surface area contributed by atoms with Gasteiger partial charge in [0.2, 0.25) is 16.8 Å². The van der Waals surface area contributed by atoms with E-state index in [1.165, 1.54) is 25.1 Å². The monoisotopic (exact) mass is 417 g/mol. The van der Waals surface area contributed by atoms with Crippen LogP contribution in [0.15, 0.2) is 53.9 Å². The van der Waals surface area contributed by atoms with Gasteiger partial charge in [-0.05, 0) is 36.8 Å². The lowest BCUT2D eigenvalue weighted by molar-refractivity contribution is -0.144. The zero-order chi connectivity index (χ0) is 20.9. The average molecular weight is 417 g/mol. The van der Waals surface area contributed by atoms with Gasteiger partial charge < -0.3 is 14.2 Å². The van der Waals surface area contributed by atoms with Crippen molar-refractivity contribution in [3.05, 3.63) is 65.1 Å². The highest BCUT2D eigenvalue weighted by Crippen LogP contribution is 2.32. The van der Waals surface area contributed by atoms with Crippen LogP contribution in [0, 0.1) is 0 Å². The maximum absolute atomic E-state index is 12.2. The molecule has 8 nitrogen and oxygen atoms in total. The second-order valence-corrected chi connectivity index (χ2v) is 7.79. The van der Waals surface area contributed by atoms with E-state index in [1.54, 1.807) is 30.3 Å². The Balaban J connectivity index is 1.52. The van der Waals surface area contributed by atoms with Crippen LogP contribution in [0.3, 0.4) is 0 Å². The smallest absolute Gasteiger partial charge is 0.324 e. The standard InChI is InChI=1S/C20H19NO7S/c1-14(21-29(24,25)10-9-15-5-3-2-4-6-15)20(23)26-12-17(22)16-7-8-18-19(11-16)28-13-27-18/h2-11,14,21H,12-13H2,1H3/b10-9+/t14-/m0/s1. The number of hydrogen-bond acceptors (Lipinski definition) is 7. The van der Waals surface area contributed by atoms with Crippen molar-refractivity contribution in [1.29, 1.82) is 0 Å². The summed E-state index contributed by atoms with van der Waals surface area (Å²) in [5, 5.41) is 0.962. The van der Waals surface area contributed by atoms with Gasteiger partial charge >= 0.3 is 5.97 Å². The van der Waals surface area contributed by atoms with Crippen molar-refractivity contribution >= 4 is 27.9 Å². The Hall–Kier alpha value is -3.17. The predicted octanol–water partition coefficient (Wildman–Crippen LogP) is 2.12. The van der Waals surface area contributed by atoms with Gasteiger partial charge in [0.15, 0.2) is 23.9 Å². The first kappa shape index (κ1) is 20.6. The molecule has 1 heterocycles. The number of fused-ring (bicyclic) bond motifs is 1. The first-order valence-corrected chi connectivity index (χ1v) is 10.2. The van der Waals surface area contributed by atoms with Crippen LogP contribution in [-0.4, -0.2) is 39.6 Å². The van der Waals surface area contributed by atoms with Gasteiger partial charge in [-0.1, -0.05) is 30.3 Å². The van der Waals surface area contributed by atoms with Crippen LogP contribution in [0.25, 0.3) is 6.08 Å². The second kappa shape index (κ2) is 8.89. The van der Waals surface area contributed by atoms with E-state index < -0.39 is 34.4 Å². The number of esters is 1. The number of rotatable bonds is 8. The number of carbonyl (C=O) groups is 2. The van der Waals surface area contributed by atoms with Crippen molar-refractivity contribution in [2.75, 3.05) is 13.4 Å². The van der Waals surface area contributed by atoms with E-state index in [0.717, 1.165) is 5.41 Å². The number of ether oxygens (including phenoxy) is 3. The number of carbonyl (C=O) groups excluding carboxylic acids is 2. The summed E-state index contributed by atoms with van der Waals surface area (Å²) in [6, 6.07) is 12.3. The molecule has 0 saturated carbocycles. The Morgan fingerprint density at radius 2 is 1.86 bits per heavy atom. The SMILES string of the molecule is C[C@H](NS(=O)(=O)/C=C/c1ccccc1)C(=O)OCC(=O)c1ccc2c(c1)OCO2. The lowest BCUT2D eigenvalue weighted by Gasteiger charge is -2.12. The molecule has 0 unspecified atom stereocenters. The summed E-state index contributed by atoms with van der Waals surface area (Å²) in [5.41, 5.74) is 0.989. The Labute approximate surface area is 168 Å². The fourth-order valence-corrected chi connectivity index (χ4v) is 3.48. The lowest BCUT2D eigenvalue weighted by Crippen LogP contribution is -2.39. The molecule has 152 valence electrons. The van der Waals surface area contributed by atoms with Crippen LogP contribution in [0.4, 0.5) is 0 Å². The van der Waals surface area contributed by atoms with Crippen LogP contribution < -0.4 is 14.2 Å². The third-order valence-corrected chi connectivity index (χ3v) is 5.15. The summed E-state index contributed by atoms with van der Waals surface area (Å²) in [4.78, 5) is 24.2. The third-order valence-electron chi connectivity index (χ3n) is 3.97. The highest BCUT2D eigenvalue weighted by Gasteiger charge is 2.22. The van der Waals surface area contributed by atoms with Crippen LogP contribution in [-0.2, 0) is 19.6 Å². The van der Waals surface area contributed by atoms with Crippen LogP contribution in [0.2, 0.25) is 0 Å². The lowest BCUT2D eigenvalue weighted by atomic mass is 10.1. The quantitative estimate of drug-likeness (QED) is 0.518. The molecular formula is C20H19NO7S. The van der Waals surface area contributed by atoms with Crippen molar-refractivity contribution in [2.24, 2.45) is 0 Å². The normalized spacial score (nSPS) is 14.0. The topological polar surface area (TPSA) is 108 Å². The summed E-state index contributed by atoms with van der Waals surface area (Å²) < 4.78 is 41.7. The molecule has 1 N–H and O–H groups in total. The van der Waals surface area contributed by atoms with Gasteiger partial charge in [0, 0.05) is 11.0 Å². The van der Waals surface area contributed by atoms with Crippen molar-refractivity contribution < 1.29 is 32.2 Å². The van der Waals surface area contributed by atoms with E-state index in [-0.39, 0.29) is 6.79 Å². The Morgan fingerprint density at radius 1 is 1.14 bits per heavy atom. The van der Waals surface area contributed by atoms with Crippen molar-refractivity contribution in [2.45, 2.75) is 13.0 Å². The zero-order valence-electron chi connectivity index (χ0n) is 15.5. The van der Waals surface area contributed by atoms with Crippen LogP contribution >= 0.6 is 0 Å². The Bertz CT molecular complexity index is 1030. The molecule has 0 aliphatic carbocycles. The first-order chi connectivity index (χ1) is 13.8. The zero-order valence-corrected chi connectivity index (χ0v) is 16.3. The molecule has 29 heavy (non-hydrogen) atoms. The van der Waals surface area contributed by atoms with Gasteiger partial charge in [-0.15, -0.1) is 0 Å². The van der Waals surface area contributed by atoms with Crippen molar-refractivity contribution in [3.8, 4) is 11.5 Å². The molecule has 2 aromatic carbocycles. The highest BCUT2D eigenvalue weighted by molar-refractivity contribution is 7.92. The molecule has 0 bridgehead atoms. The molecule has 0 saturated heterocycles. The Morgan fingerprint density at radius 3 is 2.62 bits per heavy atom. The summed E-state index contributed by atoms with van der Waals surface area (Å²) >= 11 is 0. The van der Waals surface area contributed by atoms with Gasteiger partial charge in [0.25, 0.3) is 0 Å². The molecule has 0 fully saturated rings. The number of Topliss-reactive ketones (excluding diaryl/α,β-unsaturated/α-hetero) is 1. The molecule has 1 atom stereocenters. The van der Waals surface area contributed by atoms with Crippen LogP contribution in [0.5, 0.6) is 11.5 Å². The largest absolute Gasteiger partial charge is 0.456 e. The average Bonchev–Trinajstić information content (AvgIpc) is 3.18. The number of hydrogen-bond donors (Lipinski definition) is 1. The summed E-state index contributed by atoms with van der Waals surface area (Å²) in [6.45, 7) is 0.893. The Kier molecular flexibility index (Phi) is 6.30. The molecule has 1 aliphatic heterocycles. The van der Waals surface area contributed by atoms with Crippen molar-refractivity contribution in [3.63, 3.8) is 0 Å². The molecule has 9 heteroatoms. The van der Waals surface area contributed by atoms with Gasteiger partial charge in [-0.2, -0.15) is 4.72 Å². The minimum absolute atomic E-state index is 0.0817. The van der Waals surface area contributed by atoms with E-state index in [1.807, 2.05) is 6.07 Å². The van der Waals surface area contributed by atoms with E-state index in [0.29, 0.717) is 22.6 Å². The molecule has 0 amide bonds. The highest BCUT2D eigenvalue weighted by atomic mass is 32.2. The number of benzene rings is 2. The van der Waals surface area contributed by atoms with Gasteiger partial charge in [-0.25, -0.2) is 8.42 Å². The molecular weight excluding hydrogens is 398 g/mol. The van der Waals surface area contributed by atoms with Crippen molar-refractivity contribution in [1.82, 2.24) is 4.72 Å². The number of sulfonamides is 1. The molecule has 0 spiro atoms. The fraction of sp³-hybridized carbons (Fsp3) is 0.200. The van der Waals surface area contributed by atoms with Gasteiger partial charge in [0.05, 0.1) is 0 Å². The molecule has 1 aliphatic rings. The molecule has 3 rings (SSSR count). The first-order valence-electron chi connectivity index (χ1n) is 8.69. The van der Waals surface area contributed by atoms with E-state index >= 15 is 0 Å². The summed E-state index contributed by atoms with van der Waals surface area (Å²) in [6.07, 6.45) is 1.41.